The number of carbonyl (C=O) groups is 1. The zero-order chi connectivity index (χ0) is 21.5. The number of primary sulfonamides is 1. The zero-order valence-corrected chi connectivity index (χ0v) is 17.5. The van der Waals surface area contributed by atoms with Crippen molar-refractivity contribution in [2.75, 3.05) is 0 Å². The lowest BCUT2D eigenvalue weighted by molar-refractivity contribution is 0.0981. The standard InChI is InChI=1S/C20H20N2O6S2/c21-29(24,25)18-7-3-4-8-19(18)30(26,27)22-20(23)14-9-10-16-15(11-14)12-17(28-16)13-5-1-2-6-13/h3-4,7-13H,1-2,5-6H2,(H,22,23)(H2,21,24,25). The van der Waals surface area contributed by atoms with E-state index in [1.165, 1.54) is 18.2 Å². The number of nitrogens with one attached hydrogen (secondary N) is 1. The fourth-order valence-corrected chi connectivity index (χ4v) is 6.12. The van der Waals surface area contributed by atoms with Crippen LogP contribution in [0.4, 0.5) is 0 Å². The number of fused-ring (bicyclic) bond motifs is 1. The molecule has 8 nitrogen and oxygen atoms in total. The number of carbonyl (C=O) groups excluding carboxylic acids is 1. The SMILES string of the molecule is NS(=O)(=O)c1ccccc1S(=O)(=O)NC(=O)c1ccc2oc(C3CCCC3)cc2c1. The fourth-order valence-electron chi connectivity index (χ4n) is 3.76. The van der Waals surface area contributed by atoms with E-state index in [2.05, 4.69) is 0 Å². The summed E-state index contributed by atoms with van der Waals surface area (Å²) in [5, 5.41) is 5.80. The van der Waals surface area contributed by atoms with Gasteiger partial charge < -0.3 is 4.42 Å². The Hall–Kier alpha value is -2.69. The molecule has 0 bridgehead atoms. The summed E-state index contributed by atoms with van der Waals surface area (Å²) in [7, 11) is -8.76. The molecule has 3 aromatic rings. The monoisotopic (exact) mass is 448 g/mol. The van der Waals surface area contributed by atoms with Gasteiger partial charge in [-0.15, -0.1) is 0 Å². The molecule has 0 aliphatic heterocycles. The first-order valence-corrected chi connectivity index (χ1v) is 12.4. The predicted octanol–water partition coefficient (Wildman–Crippen LogP) is 2.86. The van der Waals surface area contributed by atoms with Crippen LogP contribution in [-0.2, 0) is 20.0 Å². The topological polar surface area (TPSA) is 137 Å². The Morgan fingerprint density at radius 3 is 2.30 bits per heavy atom. The van der Waals surface area contributed by atoms with Crippen molar-refractivity contribution < 1.29 is 26.0 Å². The van der Waals surface area contributed by atoms with Crippen molar-refractivity contribution >= 4 is 36.9 Å². The van der Waals surface area contributed by atoms with Gasteiger partial charge in [0.05, 0.1) is 0 Å². The van der Waals surface area contributed by atoms with Gasteiger partial charge in [-0.2, -0.15) is 0 Å². The molecule has 4 rings (SSSR count). The van der Waals surface area contributed by atoms with Crippen LogP contribution in [0.25, 0.3) is 11.0 Å². The molecule has 3 N–H and O–H groups in total. The van der Waals surface area contributed by atoms with Gasteiger partial charge >= 0.3 is 0 Å². The van der Waals surface area contributed by atoms with Crippen molar-refractivity contribution in [3.63, 3.8) is 0 Å². The van der Waals surface area contributed by atoms with E-state index in [1.807, 2.05) is 10.8 Å². The van der Waals surface area contributed by atoms with Crippen LogP contribution in [0.15, 0.2) is 62.7 Å². The first-order valence-electron chi connectivity index (χ1n) is 9.38. The Kier molecular flexibility index (Phi) is 5.16. The number of amides is 1. The van der Waals surface area contributed by atoms with E-state index in [0.717, 1.165) is 43.6 Å². The lowest BCUT2D eigenvalue weighted by Crippen LogP contribution is -2.32. The second-order valence-corrected chi connectivity index (χ2v) is 10.5. The molecule has 1 saturated carbocycles. The minimum Gasteiger partial charge on any atom is -0.461 e. The third kappa shape index (κ3) is 3.98. The Morgan fingerprint density at radius 1 is 0.967 bits per heavy atom. The van der Waals surface area contributed by atoms with Gasteiger partial charge in [0.25, 0.3) is 15.9 Å². The van der Waals surface area contributed by atoms with E-state index in [9.17, 15) is 21.6 Å². The highest BCUT2D eigenvalue weighted by Crippen LogP contribution is 2.37. The maximum atomic E-state index is 12.7. The van der Waals surface area contributed by atoms with Crippen LogP contribution in [0, 0.1) is 0 Å². The summed E-state index contributed by atoms with van der Waals surface area (Å²) in [5.74, 6) is 0.351. The Balaban J connectivity index is 1.63. The molecule has 158 valence electrons. The number of nitrogens with two attached hydrogens (primary N) is 1. The maximum absolute atomic E-state index is 12.7. The second-order valence-electron chi connectivity index (χ2n) is 7.31. The van der Waals surface area contributed by atoms with Crippen LogP contribution in [0.1, 0.15) is 47.7 Å². The van der Waals surface area contributed by atoms with Gasteiger partial charge in [0, 0.05) is 16.9 Å². The minimum absolute atomic E-state index is 0.109. The molecule has 0 saturated heterocycles. The number of hydrogen-bond donors (Lipinski definition) is 2. The van der Waals surface area contributed by atoms with Crippen LogP contribution in [-0.4, -0.2) is 22.7 Å². The molecule has 0 spiro atoms. The van der Waals surface area contributed by atoms with E-state index in [1.54, 1.807) is 12.1 Å². The normalized spacial score (nSPS) is 15.5. The molecular weight excluding hydrogens is 428 g/mol. The number of rotatable bonds is 5. The quantitative estimate of drug-likeness (QED) is 0.616. The van der Waals surface area contributed by atoms with Crippen LogP contribution >= 0.6 is 0 Å². The van der Waals surface area contributed by atoms with Crippen molar-refractivity contribution in [3.8, 4) is 0 Å². The molecule has 0 atom stereocenters. The molecular formula is C20H20N2O6S2. The highest BCUT2D eigenvalue weighted by molar-refractivity contribution is 7.92. The third-order valence-corrected chi connectivity index (χ3v) is 7.71. The van der Waals surface area contributed by atoms with E-state index < -0.39 is 35.7 Å². The predicted molar refractivity (Wildman–Crippen MR) is 110 cm³/mol. The van der Waals surface area contributed by atoms with Gasteiger partial charge in [-0.3, -0.25) is 4.79 Å². The van der Waals surface area contributed by atoms with Crippen LogP contribution in [0.5, 0.6) is 0 Å². The van der Waals surface area contributed by atoms with Crippen LogP contribution < -0.4 is 9.86 Å². The Morgan fingerprint density at radius 2 is 1.63 bits per heavy atom. The Labute approximate surface area is 174 Å². The summed E-state index contributed by atoms with van der Waals surface area (Å²) in [6.45, 7) is 0. The molecule has 0 radical (unpaired) electrons. The molecule has 10 heteroatoms. The van der Waals surface area contributed by atoms with Gasteiger partial charge in [0.1, 0.15) is 21.1 Å². The van der Waals surface area contributed by atoms with Crippen molar-refractivity contribution in [1.29, 1.82) is 0 Å². The molecule has 1 fully saturated rings. The molecule has 1 heterocycles. The number of hydrogen-bond acceptors (Lipinski definition) is 6. The van der Waals surface area contributed by atoms with Gasteiger partial charge in [0.2, 0.25) is 10.0 Å². The third-order valence-electron chi connectivity index (χ3n) is 5.23. The zero-order valence-electron chi connectivity index (χ0n) is 15.9. The lowest BCUT2D eigenvalue weighted by atomic mass is 10.0. The van der Waals surface area contributed by atoms with Crippen molar-refractivity contribution in [1.82, 2.24) is 4.72 Å². The molecule has 1 aliphatic rings. The molecule has 0 unspecified atom stereocenters. The smallest absolute Gasteiger partial charge is 0.265 e. The number of benzene rings is 2. The van der Waals surface area contributed by atoms with Crippen LogP contribution in [0.2, 0.25) is 0 Å². The van der Waals surface area contributed by atoms with E-state index in [4.69, 9.17) is 9.56 Å². The van der Waals surface area contributed by atoms with Gasteiger partial charge in [-0.25, -0.2) is 26.7 Å². The highest BCUT2D eigenvalue weighted by Gasteiger charge is 2.26. The number of furan rings is 1. The summed E-state index contributed by atoms with van der Waals surface area (Å²) in [5.41, 5.74) is 0.730. The van der Waals surface area contributed by atoms with E-state index in [-0.39, 0.29) is 5.56 Å². The molecule has 1 amide bonds. The Bertz CT molecular complexity index is 1340. The molecule has 30 heavy (non-hydrogen) atoms. The van der Waals surface area contributed by atoms with Gasteiger partial charge in [-0.05, 0) is 49.2 Å². The van der Waals surface area contributed by atoms with Crippen LogP contribution in [0.3, 0.4) is 0 Å². The van der Waals surface area contributed by atoms with Crippen molar-refractivity contribution in [2.24, 2.45) is 5.14 Å². The van der Waals surface area contributed by atoms with E-state index in [0.29, 0.717) is 16.9 Å². The minimum atomic E-state index is -4.46. The lowest BCUT2D eigenvalue weighted by Gasteiger charge is -2.10. The van der Waals surface area contributed by atoms with Gasteiger partial charge in [-0.1, -0.05) is 25.0 Å². The average Bonchev–Trinajstić information content (AvgIpc) is 3.35. The average molecular weight is 449 g/mol. The summed E-state index contributed by atoms with van der Waals surface area (Å²) >= 11 is 0. The summed E-state index contributed by atoms with van der Waals surface area (Å²) in [4.78, 5) is 11.4. The number of sulfonamides is 2. The summed E-state index contributed by atoms with van der Waals surface area (Å²) in [6, 6.07) is 11.3. The summed E-state index contributed by atoms with van der Waals surface area (Å²) in [6.07, 6.45) is 4.45. The van der Waals surface area contributed by atoms with Crippen molar-refractivity contribution in [2.45, 2.75) is 41.4 Å². The fraction of sp³-hybridized carbons (Fsp3) is 0.250. The highest BCUT2D eigenvalue weighted by atomic mass is 32.2. The first-order chi connectivity index (χ1) is 14.1. The first kappa shape index (κ1) is 20.6. The van der Waals surface area contributed by atoms with Crippen molar-refractivity contribution in [3.05, 3.63) is 59.9 Å². The molecule has 1 aliphatic carbocycles. The van der Waals surface area contributed by atoms with E-state index >= 15 is 0 Å². The summed E-state index contributed by atoms with van der Waals surface area (Å²) < 4.78 is 56.5. The largest absolute Gasteiger partial charge is 0.461 e. The second kappa shape index (κ2) is 7.53. The molecule has 2 aromatic carbocycles. The van der Waals surface area contributed by atoms with Gasteiger partial charge in [0.15, 0.2) is 0 Å². The molecule has 1 aromatic heterocycles. The maximum Gasteiger partial charge on any atom is 0.265 e.